The number of carboxylic acids is 1. The summed E-state index contributed by atoms with van der Waals surface area (Å²) in [4.78, 5) is 12.2. The zero-order valence-corrected chi connectivity index (χ0v) is 10.4. The van der Waals surface area contributed by atoms with E-state index in [4.69, 9.17) is 5.11 Å². The molecule has 1 aliphatic rings. The Bertz CT molecular complexity index is 318. The second kappa shape index (κ2) is 7.85. The van der Waals surface area contributed by atoms with E-state index in [2.05, 4.69) is 19.1 Å². The molecular formula is C14H21NO2. The maximum atomic E-state index is 10.2. The molecule has 1 N–H and O–H groups in total. The molecule has 0 saturated carbocycles. The molecule has 3 heteroatoms. The Morgan fingerprint density at radius 2 is 1.76 bits per heavy atom. The zero-order valence-electron chi connectivity index (χ0n) is 10.4. The monoisotopic (exact) mass is 235 g/mol. The molecule has 1 aromatic carbocycles. The summed E-state index contributed by atoms with van der Waals surface area (Å²) in [7, 11) is 0. The standard InChI is InChI=1S/C7H13NO2.C7H8/c9-7(10)6-8-4-2-1-3-5-8;1-7-5-3-2-4-6-7/h1-6H2,(H,9,10);2-6H,1H3. The number of benzene rings is 1. The lowest BCUT2D eigenvalue weighted by molar-refractivity contribution is -0.138. The highest BCUT2D eigenvalue weighted by atomic mass is 16.4. The Hall–Kier alpha value is -1.35. The summed E-state index contributed by atoms with van der Waals surface area (Å²) in [5.74, 6) is -0.707. The summed E-state index contributed by atoms with van der Waals surface area (Å²) >= 11 is 0. The largest absolute Gasteiger partial charge is 0.480 e. The fourth-order valence-corrected chi connectivity index (χ4v) is 1.84. The normalized spacial score (nSPS) is 15.8. The Kier molecular flexibility index (Phi) is 6.33. The minimum absolute atomic E-state index is 0.222. The van der Waals surface area contributed by atoms with Gasteiger partial charge in [-0.25, -0.2) is 0 Å². The first-order valence-corrected chi connectivity index (χ1v) is 6.14. The van der Waals surface area contributed by atoms with Crippen LogP contribution in [0.4, 0.5) is 0 Å². The molecule has 0 atom stereocenters. The fraction of sp³-hybridized carbons (Fsp3) is 0.500. The van der Waals surface area contributed by atoms with Gasteiger partial charge in [-0.2, -0.15) is 0 Å². The first kappa shape index (κ1) is 13.7. The quantitative estimate of drug-likeness (QED) is 0.856. The van der Waals surface area contributed by atoms with Gasteiger partial charge in [0.1, 0.15) is 0 Å². The van der Waals surface area contributed by atoms with Crippen LogP contribution in [0.5, 0.6) is 0 Å². The number of likely N-dealkylation sites (tertiary alicyclic amines) is 1. The molecule has 1 fully saturated rings. The maximum Gasteiger partial charge on any atom is 0.317 e. The predicted octanol–water partition coefficient (Wildman–Crippen LogP) is 2.55. The number of aryl methyl sites for hydroxylation is 1. The third kappa shape index (κ3) is 6.74. The number of rotatable bonds is 2. The van der Waals surface area contributed by atoms with Crippen molar-refractivity contribution in [3.63, 3.8) is 0 Å². The summed E-state index contributed by atoms with van der Waals surface area (Å²) in [5, 5.41) is 8.42. The Balaban J connectivity index is 0.000000181. The highest BCUT2D eigenvalue weighted by Gasteiger charge is 2.11. The van der Waals surface area contributed by atoms with Gasteiger partial charge in [-0.3, -0.25) is 9.69 Å². The Morgan fingerprint density at radius 1 is 1.18 bits per heavy atom. The number of piperidine rings is 1. The van der Waals surface area contributed by atoms with E-state index >= 15 is 0 Å². The van der Waals surface area contributed by atoms with Crippen LogP contribution in [-0.4, -0.2) is 35.6 Å². The molecule has 0 bridgehead atoms. The van der Waals surface area contributed by atoms with Crippen molar-refractivity contribution in [1.82, 2.24) is 4.90 Å². The number of carboxylic acid groups (broad SMARTS) is 1. The van der Waals surface area contributed by atoms with Crippen LogP contribution in [0.25, 0.3) is 0 Å². The molecule has 0 unspecified atom stereocenters. The average molecular weight is 235 g/mol. The summed E-state index contributed by atoms with van der Waals surface area (Å²) in [6, 6.07) is 10.3. The van der Waals surface area contributed by atoms with Gasteiger partial charge < -0.3 is 5.11 Å². The van der Waals surface area contributed by atoms with Crippen molar-refractivity contribution in [3.8, 4) is 0 Å². The van der Waals surface area contributed by atoms with Crippen LogP contribution in [0.2, 0.25) is 0 Å². The van der Waals surface area contributed by atoms with E-state index in [1.807, 2.05) is 23.1 Å². The van der Waals surface area contributed by atoms with Crippen molar-refractivity contribution in [2.24, 2.45) is 0 Å². The number of nitrogens with zero attached hydrogens (tertiary/aromatic N) is 1. The fourth-order valence-electron chi connectivity index (χ4n) is 1.84. The molecule has 0 amide bonds. The summed E-state index contributed by atoms with van der Waals surface area (Å²) in [6.07, 6.45) is 3.58. The van der Waals surface area contributed by atoms with Gasteiger partial charge in [0.25, 0.3) is 0 Å². The average Bonchev–Trinajstić information content (AvgIpc) is 2.31. The van der Waals surface area contributed by atoms with Crippen molar-refractivity contribution in [1.29, 1.82) is 0 Å². The summed E-state index contributed by atoms with van der Waals surface area (Å²) < 4.78 is 0. The van der Waals surface area contributed by atoms with Crippen LogP contribution in [-0.2, 0) is 4.79 Å². The second-order valence-electron chi connectivity index (χ2n) is 4.39. The smallest absolute Gasteiger partial charge is 0.317 e. The SMILES string of the molecule is Cc1ccccc1.O=C(O)CN1CCCCC1. The van der Waals surface area contributed by atoms with Gasteiger partial charge in [0.2, 0.25) is 0 Å². The minimum atomic E-state index is -0.707. The van der Waals surface area contributed by atoms with Crippen molar-refractivity contribution in [3.05, 3.63) is 35.9 Å². The van der Waals surface area contributed by atoms with Crippen LogP contribution in [0.15, 0.2) is 30.3 Å². The highest BCUT2D eigenvalue weighted by Crippen LogP contribution is 2.07. The molecule has 1 saturated heterocycles. The molecule has 3 nitrogen and oxygen atoms in total. The van der Waals surface area contributed by atoms with Gasteiger partial charge in [-0.1, -0.05) is 42.3 Å². The second-order valence-corrected chi connectivity index (χ2v) is 4.39. The van der Waals surface area contributed by atoms with Gasteiger partial charge in [-0.15, -0.1) is 0 Å². The van der Waals surface area contributed by atoms with E-state index in [-0.39, 0.29) is 6.54 Å². The molecule has 0 spiro atoms. The molecule has 0 radical (unpaired) electrons. The summed E-state index contributed by atoms with van der Waals surface area (Å²) in [5.41, 5.74) is 1.32. The molecule has 0 aromatic heterocycles. The van der Waals surface area contributed by atoms with E-state index in [0.717, 1.165) is 25.9 Å². The number of hydrogen-bond acceptors (Lipinski definition) is 2. The Morgan fingerprint density at radius 3 is 2.18 bits per heavy atom. The lowest BCUT2D eigenvalue weighted by Gasteiger charge is -2.24. The first-order chi connectivity index (χ1) is 8.18. The molecule has 1 aromatic rings. The van der Waals surface area contributed by atoms with Gasteiger partial charge in [0, 0.05) is 0 Å². The van der Waals surface area contributed by atoms with Crippen LogP contribution in [0.1, 0.15) is 24.8 Å². The molecule has 0 aliphatic carbocycles. The van der Waals surface area contributed by atoms with Crippen molar-refractivity contribution in [2.75, 3.05) is 19.6 Å². The van der Waals surface area contributed by atoms with E-state index in [1.54, 1.807) is 0 Å². The highest BCUT2D eigenvalue weighted by molar-refractivity contribution is 5.69. The van der Waals surface area contributed by atoms with E-state index in [1.165, 1.54) is 12.0 Å². The first-order valence-electron chi connectivity index (χ1n) is 6.14. The third-order valence-corrected chi connectivity index (χ3v) is 2.75. The zero-order chi connectivity index (χ0) is 12.5. The molecule has 1 aliphatic heterocycles. The number of carbonyl (C=O) groups is 1. The van der Waals surface area contributed by atoms with Gasteiger partial charge in [-0.05, 0) is 32.9 Å². The van der Waals surface area contributed by atoms with Crippen LogP contribution < -0.4 is 0 Å². The van der Waals surface area contributed by atoms with Gasteiger partial charge in [0.05, 0.1) is 6.54 Å². The molecule has 1 heterocycles. The van der Waals surface area contributed by atoms with Crippen LogP contribution in [0, 0.1) is 6.92 Å². The van der Waals surface area contributed by atoms with E-state index < -0.39 is 5.97 Å². The van der Waals surface area contributed by atoms with Crippen LogP contribution >= 0.6 is 0 Å². The number of aliphatic carboxylic acids is 1. The summed E-state index contributed by atoms with van der Waals surface area (Å²) in [6.45, 7) is 4.23. The molecular weight excluding hydrogens is 214 g/mol. The molecule has 17 heavy (non-hydrogen) atoms. The molecule has 2 rings (SSSR count). The topological polar surface area (TPSA) is 40.5 Å². The van der Waals surface area contributed by atoms with E-state index in [9.17, 15) is 4.79 Å². The predicted molar refractivity (Wildman–Crippen MR) is 69.1 cm³/mol. The Labute approximate surface area is 103 Å². The minimum Gasteiger partial charge on any atom is -0.480 e. The lowest BCUT2D eigenvalue weighted by Crippen LogP contribution is -2.34. The third-order valence-electron chi connectivity index (χ3n) is 2.75. The van der Waals surface area contributed by atoms with Gasteiger partial charge in [0.15, 0.2) is 0 Å². The maximum absolute atomic E-state index is 10.2. The van der Waals surface area contributed by atoms with Crippen molar-refractivity contribution in [2.45, 2.75) is 26.2 Å². The number of hydrogen-bond donors (Lipinski definition) is 1. The van der Waals surface area contributed by atoms with Crippen LogP contribution in [0.3, 0.4) is 0 Å². The van der Waals surface area contributed by atoms with E-state index in [0.29, 0.717) is 0 Å². The van der Waals surface area contributed by atoms with Gasteiger partial charge >= 0.3 is 5.97 Å². The molecule has 94 valence electrons. The van der Waals surface area contributed by atoms with Crippen molar-refractivity contribution >= 4 is 5.97 Å². The van der Waals surface area contributed by atoms with Crippen molar-refractivity contribution < 1.29 is 9.90 Å². The lowest BCUT2D eigenvalue weighted by atomic mass is 10.1.